The molecular weight excluding hydrogens is 493 g/mol. The van der Waals surface area contributed by atoms with Crippen LogP contribution in [0.5, 0.6) is 0 Å². The minimum atomic E-state index is -2.31. The van der Waals surface area contributed by atoms with Crippen LogP contribution in [0.4, 0.5) is 10.2 Å². The zero-order valence-electron chi connectivity index (χ0n) is 23.0. The van der Waals surface area contributed by atoms with E-state index >= 15 is 0 Å². The van der Waals surface area contributed by atoms with Gasteiger partial charge in [0.1, 0.15) is 12.8 Å². The third-order valence-electron chi connectivity index (χ3n) is 7.54. The number of nitrogen functional groups attached to an aromatic ring is 1. The van der Waals surface area contributed by atoms with Gasteiger partial charge < -0.3 is 19.6 Å². The molecule has 0 aromatic carbocycles. The van der Waals surface area contributed by atoms with Crippen LogP contribution in [0.2, 0.25) is 18.1 Å². The first-order chi connectivity index (χ1) is 17.3. The zero-order valence-corrected chi connectivity index (χ0v) is 24.0. The molecule has 0 bridgehead atoms. The number of imidazole rings is 1. The molecule has 2 aromatic heterocycles. The molecule has 3 atom stereocenters. The monoisotopic (exact) mass is 533 g/mol. The predicted octanol–water partition coefficient (Wildman–Crippen LogP) is 4.99. The normalized spacial score (nSPS) is 22.5. The van der Waals surface area contributed by atoms with Crippen molar-refractivity contribution in [2.24, 2.45) is 5.92 Å². The van der Waals surface area contributed by atoms with Gasteiger partial charge in [0.2, 0.25) is 0 Å². The molecule has 2 N–H and O–H groups in total. The molecule has 1 aliphatic heterocycles. The van der Waals surface area contributed by atoms with Gasteiger partial charge in [0, 0.05) is 6.42 Å². The lowest BCUT2D eigenvalue weighted by Gasteiger charge is -2.41. The van der Waals surface area contributed by atoms with Crippen LogP contribution in [0.3, 0.4) is 0 Å². The van der Waals surface area contributed by atoms with E-state index in [1.54, 1.807) is 4.57 Å². The first-order valence-corrected chi connectivity index (χ1v) is 15.8. The molecule has 2 aromatic rings. The number of halogens is 1. The Morgan fingerprint density at radius 2 is 2.00 bits per heavy atom. The maximum Gasteiger partial charge on any atom is 0.312 e. The predicted molar refractivity (Wildman–Crippen MR) is 142 cm³/mol. The Labute approximate surface area is 219 Å². The molecule has 37 heavy (non-hydrogen) atoms. The summed E-state index contributed by atoms with van der Waals surface area (Å²) in [4.78, 5) is 24.7. The van der Waals surface area contributed by atoms with Crippen molar-refractivity contribution in [1.82, 2.24) is 19.5 Å². The van der Waals surface area contributed by atoms with Crippen LogP contribution in [0.15, 0.2) is 6.33 Å². The molecule has 3 rings (SSSR count). The average Bonchev–Trinajstić information content (AvgIpc) is 3.38. The molecule has 0 amide bonds. The number of nitrogens with two attached hydrogens (primary N) is 1. The highest BCUT2D eigenvalue weighted by molar-refractivity contribution is 6.74. The van der Waals surface area contributed by atoms with Crippen molar-refractivity contribution in [3.63, 3.8) is 0 Å². The molecule has 1 unspecified atom stereocenters. The molecule has 1 saturated heterocycles. The second-order valence-electron chi connectivity index (χ2n) is 11.3. The smallest absolute Gasteiger partial charge is 0.312 e. The maximum absolute atomic E-state index is 14.0. The maximum atomic E-state index is 14.0. The van der Waals surface area contributed by atoms with Gasteiger partial charge in [-0.05, 0) is 31.0 Å². The van der Waals surface area contributed by atoms with E-state index < -0.39 is 32.3 Å². The highest BCUT2D eigenvalue weighted by Crippen LogP contribution is 2.45. The number of rotatable bonds is 10. The highest BCUT2D eigenvalue weighted by atomic mass is 28.4. The molecule has 1 fully saturated rings. The lowest BCUT2D eigenvalue weighted by atomic mass is 9.97. The molecule has 3 heterocycles. The van der Waals surface area contributed by atoms with Crippen LogP contribution in [0.25, 0.3) is 11.2 Å². The van der Waals surface area contributed by atoms with Crippen LogP contribution in [-0.4, -0.2) is 52.1 Å². The van der Waals surface area contributed by atoms with Crippen molar-refractivity contribution in [2.45, 2.75) is 103 Å². The van der Waals surface area contributed by atoms with E-state index in [0.717, 1.165) is 25.7 Å². The van der Waals surface area contributed by atoms with Crippen LogP contribution >= 0.6 is 0 Å². The van der Waals surface area contributed by atoms with E-state index in [1.807, 2.05) is 13.8 Å². The second kappa shape index (κ2) is 11.1. The van der Waals surface area contributed by atoms with Crippen molar-refractivity contribution < 1.29 is 23.1 Å². The van der Waals surface area contributed by atoms with Gasteiger partial charge in [0.05, 0.1) is 18.3 Å². The summed E-state index contributed by atoms with van der Waals surface area (Å²) in [6, 6.07) is 0. The number of hydrogen-bond donors (Lipinski definition) is 1. The first-order valence-electron chi connectivity index (χ1n) is 12.9. The Bertz CT molecular complexity index is 1150. The van der Waals surface area contributed by atoms with E-state index in [4.69, 9.17) is 26.1 Å². The Morgan fingerprint density at radius 1 is 1.35 bits per heavy atom. The number of fused-ring (bicyclic) bond motifs is 1. The molecule has 204 valence electrons. The number of ether oxygens (including phenoxy) is 2. The first kappa shape index (κ1) is 29.0. The summed E-state index contributed by atoms with van der Waals surface area (Å²) in [5, 5.41) is -0.0953. The Hall–Kier alpha value is -2.55. The molecule has 1 aliphatic rings. The van der Waals surface area contributed by atoms with Gasteiger partial charge in [-0.1, -0.05) is 53.4 Å². The molecule has 0 radical (unpaired) electrons. The van der Waals surface area contributed by atoms with E-state index in [0.29, 0.717) is 6.42 Å². The number of anilines is 1. The minimum absolute atomic E-state index is 0.0663. The number of carbonyl (C=O) groups excluding carboxylic acids is 1. The number of terminal acetylenes is 1. The van der Waals surface area contributed by atoms with Gasteiger partial charge in [-0.3, -0.25) is 9.36 Å². The van der Waals surface area contributed by atoms with Crippen molar-refractivity contribution in [2.75, 3.05) is 12.3 Å². The molecular formula is C26H40FN5O4Si. The Balaban J connectivity index is 1.96. The number of nitrogens with zero attached hydrogens (tertiary/aromatic N) is 4. The van der Waals surface area contributed by atoms with Gasteiger partial charge in [-0.2, -0.15) is 14.4 Å². The summed E-state index contributed by atoms with van der Waals surface area (Å²) in [6.07, 6.45) is 8.91. The van der Waals surface area contributed by atoms with E-state index in [1.165, 1.54) is 6.33 Å². The van der Waals surface area contributed by atoms with Crippen LogP contribution in [0.1, 0.15) is 73.0 Å². The van der Waals surface area contributed by atoms with Crippen LogP contribution < -0.4 is 5.73 Å². The van der Waals surface area contributed by atoms with Crippen LogP contribution in [0, 0.1) is 24.3 Å². The summed E-state index contributed by atoms with van der Waals surface area (Å²) in [5.74, 6) is 2.21. The quantitative estimate of drug-likeness (QED) is 0.197. The summed E-state index contributed by atoms with van der Waals surface area (Å²) < 4.78 is 34.6. The third kappa shape index (κ3) is 5.97. The van der Waals surface area contributed by atoms with Crippen molar-refractivity contribution in [3.05, 3.63) is 12.4 Å². The van der Waals surface area contributed by atoms with Gasteiger partial charge in [-0.15, -0.1) is 6.42 Å². The minimum Gasteiger partial charge on any atom is -0.461 e. The Morgan fingerprint density at radius 3 is 2.57 bits per heavy atom. The standard InChI is InChI=1S/C26H40FN5O4Si/c1-9-12-17(13-10-2)23(33)34-15-26(11-3)18(36-37(7,8)25(4,5)6)14-19(35-26)32-16-29-20-21(28)30-24(27)31-22(20)32/h3,16-19H,9-10,12-15H2,1-2,4-8H3,(H2,28,30,31)/t18?,19-,26-/m1/s1. The lowest BCUT2D eigenvalue weighted by molar-refractivity contribution is -0.161. The van der Waals surface area contributed by atoms with Gasteiger partial charge in [-0.25, -0.2) is 4.98 Å². The largest absolute Gasteiger partial charge is 0.461 e. The Kier molecular flexibility index (Phi) is 8.66. The fourth-order valence-corrected chi connectivity index (χ4v) is 5.73. The average molecular weight is 534 g/mol. The molecule has 0 spiro atoms. The summed E-state index contributed by atoms with van der Waals surface area (Å²) in [6.45, 7) is 14.6. The summed E-state index contributed by atoms with van der Waals surface area (Å²) in [5.41, 5.74) is 4.96. The zero-order chi connectivity index (χ0) is 27.6. The van der Waals surface area contributed by atoms with Gasteiger partial charge in [0.25, 0.3) is 0 Å². The van der Waals surface area contributed by atoms with Crippen molar-refractivity contribution >= 4 is 31.3 Å². The second-order valence-corrected chi connectivity index (χ2v) is 16.0. The SMILES string of the molecule is C#C[C@]1(COC(=O)C(CCC)CCC)O[C@@H](n2cnc3c(N)nc(F)nc32)CC1O[Si](C)(C)C(C)(C)C. The fourth-order valence-electron chi connectivity index (χ4n) is 4.38. The van der Waals surface area contributed by atoms with E-state index in [2.05, 4.69) is 54.7 Å². The molecule has 11 heteroatoms. The number of esters is 1. The van der Waals surface area contributed by atoms with E-state index in [9.17, 15) is 9.18 Å². The van der Waals surface area contributed by atoms with Crippen LogP contribution in [-0.2, 0) is 18.7 Å². The summed E-state index contributed by atoms with van der Waals surface area (Å²) >= 11 is 0. The third-order valence-corrected chi connectivity index (χ3v) is 12.0. The molecule has 9 nitrogen and oxygen atoms in total. The molecule has 0 aliphatic carbocycles. The van der Waals surface area contributed by atoms with Crippen molar-refractivity contribution in [1.29, 1.82) is 0 Å². The number of carbonyl (C=O) groups is 1. The molecule has 0 saturated carbocycles. The summed E-state index contributed by atoms with van der Waals surface area (Å²) in [7, 11) is -2.31. The lowest BCUT2D eigenvalue weighted by Crippen LogP contribution is -2.52. The number of aromatic nitrogens is 4. The van der Waals surface area contributed by atoms with Gasteiger partial charge >= 0.3 is 12.0 Å². The van der Waals surface area contributed by atoms with Gasteiger partial charge in [0.15, 0.2) is 30.9 Å². The highest BCUT2D eigenvalue weighted by Gasteiger charge is 2.54. The van der Waals surface area contributed by atoms with Crippen molar-refractivity contribution in [3.8, 4) is 12.3 Å². The topological polar surface area (TPSA) is 114 Å². The van der Waals surface area contributed by atoms with E-state index in [-0.39, 0.29) is 40.5 Å². The fraction of sp³-hybridized carbons (Fsp3) is 0.692. The number of hydrogen-bond acceptors (Lipinski definition) is 8.